The maximum atomic E-state index is 12.9. The van der Waals surface area contributed by atoms with Crippen molar-refractivity contribution in [3.8, 4) is 11.3 Å². The highest BCUT2D eigenvalue weighted by Gasteiger charge is 2.15. The molecule has 0 aliphatic carbocycles. The number of carbonyl (C=O) groups is 2. The molecule has 0 atom stereocenters. The minimum atomic E-state index is -0.293. The molecule has 0 fully saturated rings. The molecule has 2 aromatic heterocycles. The molecule has 0 unspecified atom stereocenters. The molecule has 0 spiro atoms. The fourth-order valence-corrected chi connectivity index (χ4v) is 4.07. The second-order valence-electron chi connectivity index (χ2n) is 6.26. The number of thiophene rings is 1. The van der Waals surface area contributed by atoms with E-state index in [2.05, 4.69) is 15.6 Å². The molecular weight excluding hydrogens is 402 g/mol. The molecule has 0 saturated heterocycles. The Labute approximate surface area is 176 Å². The van der Waals surface area contributed by atoms with Gasteiger partial charge in [0.05, 0.1) is 26.8 Å². The van der Waals surface area contributed by atoms with Crippen LogP contribution in [0.2, 0.25) is 0 Å². The lowest BCUT2D eigenvalue weighted by Gasteiger charge is -2.11. The number of rotatable bonds is 5. The maximum Gasteiger partial charge on any atom is 0.265 e. The van der Waals surface area contributed by atoms with Gasteiger partial charge in [-0.05, 0) is 42.6 Å². The van der Waals surface area contributed by atoms with E-state index in [0.29, 0.717) is 21.8 Å². The molecule has 0 aliphatic rings. The number of aromatic nitrogens is 1. The molecule has 29 heavy (non-hydrogen) atoms. The number of para-hydroxylation sites is 1. The summed E-state index contributed by atoms with van der Waals surface area (Å²) in [4.78, 5) is 30.3. The molecule has 144 valence electrons. The number of aryl methyl sites for hydroxylation is 1. The van der Waals surface area contributed by atoms with Gasteiger partial charge < -0.3 is 10.6 Å². The average molecular weight is 420 g/mol. The number of benzene rings is 2. The first kappa shape index (κ1) is 19.0. The standard InChI is InChI=1S/C22H17N3O2S2/c1-14-23-19(13-29-14)15-6-4-7-16(12-15)24-21(26)17-8-2-3-9-18(17)25-22(27)20-10-5-11-28-20/h2-13H,1H3,(H,24,26)(H,25,27). The fourth-order valence-electron chi connectivity index (χ4n) is 2.83. The van der Waals surface area contributed by atoms with Crippen LogP contribution in [0.4, 0.5) is 11.4 Å². The van der Waals surface area contributed by atoms with Crippen molar-refractivity contribution in [3.05, 3.63) is 86.9 Å². The van der Waals surface area contributed by atoms with E-state index in [1.165, 1.54) is 11.3 Å². The summed E-state index contributed by atoms with van der Waals surface area (Å²) in [6, 6.07) is 18.1. The highest BCUT2D eigenvalue weighted by molar-refractivity contribution is 7.12. The largest absolute Gasteiger partial charge is 0.322 e. The van der Waals surface area contributed by atoms with Crippen LogP contribution in [0.25, 0.3) is 11.3 Å². The van der Waals surface area contributed by atoms with Crippen LogP contribution in [0, 0.1) is 6.92 Å². The first-order valence-electron chi connectivity index (χ1n) is 8.88. The summed E-state index contributed by atoms with van der Waals surface area (Å²) in [6.07, 6.45) is 0. The van der Waals surface area contributed by atoms with Crippen LogP contribution in [0.1, 0.15) is 25.0 Å². The smallest absolute Gasteiger partial charge is 0.265 e. The molecule has 4 aromatic rings. The van der Waals surface area contributed by atoms with E-state index in [1.54, 1.807) is 41.7 Å². The summed E-state index contributed by atoms with van der Waals surface area (Å²) in [5, 5.41) is 10.6. The Morgan fingerprint density at radius 2 is 1.76 bits per heavy atom. The summed E-state index contributed by atoms with van der Waals surface area (Å²) in [5.74, 6) is -0.528. The molecule has 7 heteroatoms. The third-order valence-corrected chi connectivity index (χ3v) is 5.84. The van der Waals surface area contributed by atoms with Crippen molar-refractivity contribution in [1.29, 1.82) is 0 Å². The van der Waals surface area contributed by atoms with Crippen molar-refractivity contribution in [2.24, 2.45) is 0 Å². The van der Waals surface area contributed by atoms with Crippen molar-refractivity contribution in [3.63, 3.8) is 0 Å². The van der Waals surface area contributed by atoms with E-state index < -0.39 is 0 Å². The van der Waals surface area contributed by atoms with Gasteiger partial charge in [-0.1, -0.05) is 30.3 Å². The zero-order valence-corrected chi connectivity index (χ0v) is 17.1. The predicted molar refractivity (Wildman–Crippen MR) is 119 cm³/mol. The topological polar surface area (TPSA) is 71.1 Å². The lowest BCUT2D eigenvalue weighted by atomic mass is 10.1. The normalized spacial score (nSPS) is 10.5. The number of amides is 2. The molecule has 2 amide bonds. The van der Waals surface area contributed by atoms with E-state index in [1.807, 2.05) is 48.0 Å². The van der Waals surface area contributed by atoms with Crippen LogP contribution in [0.5, 0.6) is 0 Å². The molecule has 0 aliphatic heterocycles. The van der Waals surface area contributed by atoms with Crippen molar-refractivity contribution in [2.75, 3.05) is 10.6 Å². The van der Waals surface area contributed by atoms with Crippen LogP contribution in [0.15, 0.2) is 71.4 Å². The van der Waals surface area contributed by atoms with Crippen LogP contribution in [-0.2, 0) is 0 Å². The van der Waals surface area contributed by atoms with Crippen LogP contribution in [0.3, 0.4) is 0 Å². The Morgan fingerprint density at radius 3 is 2.52 bits per heavy atom. The monoisotopic (exact) mass is 419 g/mol. The third-order valence-electron chi connectivity index (χ3n) is 4.20. The predicted octanol–water partition coefficient (Wildman–Crippen LogP) is 5.68. The fraction of sp³-hybridized carbons (Fsp3) is 0.0455. The lowest BCUT2D eigenvalue weighted by molar-refractivity contribution is 0.102. The SMILES string of the molecule is Cc1nc(-c2cccc(NC(=O)c3ccccc3NC(=O)c3cccs3)c2)cs1. The Balaban J connectivity index is 1.54. The zero-order chi connectivity index (χ0) is 20.2. The Kier molecular flexibility index (Phi) is 5.50. The minimum absolute atomic E-state index is 0.235. The van der Waals surface area contributed by atoms with E-state index in [-0.39, 0.29) is 11.8 Å². The van der Waals surface area contributed by atoms with Gasteiger partial charge in [-0.3, -0.25) is 9.59 Å². The first-order valence-corrected chi connectivity index (χ1v) is 10.6. The molecule has 4 rings (SSSR count). The average Bonchev–Trinajstić information content (AvgIpc) is 3.40. The van der Waals surface area contributed by atoms with E-state index in [4.69, 9.17) is 0 Å². The summed E-state index contributed by atoms with van der Waals surface area (Å²) >= 11 is 2.94. The zero-order valence-electron chi connectivity index (χ0n) is 15.5. The first-order chi connectivity index (χ1) is 14.1. The van der Waals surface area contributed by atoms with Crippen LogP contribution < -0.4 is 10.6 Å². The van der Waals surface area contributed by atoms with Crippen LogP contribution >= 0.6 is 22.7 Å². The maximum absolute atomic E-state index is 12.9. The number of hydrogen-bond donors (Lipinski definition) is 2. The Hall–Kier alpha value is -3.29. The highest BCUT2D eigenvalue weighted by atomic mass is 32.1. The summed E-state index contributed by atoms with van der Waals surface area (Å²) in [5.41, 5.74) is 3.35. The number of anilines is 2. The molecular formula is C22H17N3O2S2. The molecule has 2 aromatic carbocycles. The summed E-state index contributed by atoms with van der Waals surface area (Å²) in [7, 11) is 0. The molecule has 0 saturated carbocycles. The molecule has 2 heterocycles. The van der Waals surface area contributed by atoms with E-state index in [9.17, 15) is 9.59 Å². The number of nitrogens with one attached hydrogen (secondary N) is 2. The van der Waals surface area contributed by atoms with Gasteiger partial charge in [0.25, 0.3) is 11.8 Å². The van der Waals surface area contributed by atoms with Crippen molar-refractivity contribution in [2.45, 2.75) is 6.92 Å². The van der Waals surface area contributed by atoms with Gasteiger partial charge in [0, 0.05) is 16.6 Å². The minimum Gasteiger partial charge on any atom is -0.322 e. The quantitative estimate of drug-likeness (QED) is 0.437. The molecule has 0 bridgehead atoms. The number of nitrogens with zero attached hydrogens (tertiary/aromatic N) is 1. The van der Waals surface area contributed by atoms with Gasteiger partial charge in [0.1, 0.15) is 0 Å². The van der Waals surface area contributed by atoms with Gasteiger partial charge in [0.2, 0.25) is 0 Å². The van der Waals surface area contributed by atoms with Gasteiger partial charge >= 0.3 is 0 Å². The molecule has 0 radical (unpaired) electrons. The Morgan fingerprint density at radius 1 is 0.897 bits per heavy atom. The summed E-state index contributed by atoms with van der Waals surface area (Å²) < 4.78 is 0. The Bertz CT molecular complexity index is 1170. The van der Waals surface area contributed by atoms with Gasteiger partial charge in [0.15, 0.2) is 0 Å². The lowest BCUT2D eigenvalue weighted by Crippen LogP contribution is -2.17. The summed E-state index contributed by atoms with van der Waals surface area (Å²) in [6.45, 7) is 1.96. The number of hydrogen-bond acceptors (Lipinski definition) is 5. The highest BCUT2D eigenvalue weighted by Crippen LogP contribution is 2.25. The van der Waals surface area contributed by atoms with Gasteiger partial charge in [-0.25, -0.2) is 4.98 Å². The second kappa shape index (κ2) is 8.38. The van der Waals surface area contributed by atoms with E-state index >= 15 is 0 Å². The second-order valence-corrected chi connectivity index (χ2v) is 8.27. The van der Waals surface area contributed by atoms with Gasteiger partial charge in [-0.2, -0.15) is 0 Å². The van der Waals surface area contributed by atoms with Crippen molar-refractivity contribution in [1.82, 2.24) is 4.98 Å². The molecule has 5 nitrogen and oxygen atoms in total. The van der Waals surface area contributed by atoms with Crippen LogP contribution in [-0.4, -0.2) is 16.8 Å². The van der Waals surface area contributed by atoms with Gasteiger partial charge in [-0.15, -0.1) is 22.7 Å². The van der Waals surface area contributed by atoms with Crippen molar-refractivity contribution < 1.29 is 9.59 Å². The number of thiazole rings is 1. The van der Waals surface area contributed by atoms with Crippen molar-refractivity contribution >= 4 is 45.9 Å². The third kappa shape index (κ3) is 4.42. The number of carbonyl (C=O) groups excluding carboxylic acids is 2. The molecule has 2 N–H and O–H groups in total. The van der Waals surface area contributed by atoms with E-state index in [0.717, 1.165) is 16.3 Å².